The number of hydrogen-bond acceptors (Lipinski definition) is 4. The first kappa shape index (κ1) is 13.4. The Kier molecular flexibility index (Phi) is 4.06. The third-order valence-electron chi connectivity index (χ3n) is 2.88. The largest absolute Gasteiger partial charge is 0.508 e. The lowest BCUT2D eigenvalue weighted by Gasteiger charge is -2.08. The lowest BCUT2D eigenvalue weighted by Crippen LogP contribution is -2.22. The molecule has 0 aliphatic rings. The Hall–Kier alpha value is -2.01. The van der Waals surface area contributed by atoms with Crippen molar-refractivity contribution in [1.82, 2.24) is 5.32 Å². The summed E-state index contributed by atoms with van der Waals surface area (Å²) < 4.78 is 0. The van der Waals surface area contributed by atoms with E-state index in [1.807, 2.05) is 18.4 Å². The SMILES string of the molecule is CCc1ccsc1C(=O)NCc1cc(N)ccc1O. The van der Waals surface area contributed by atoms with Gasteiger partial charge in [-0.3, -0.25) is 4.79 Å². The van der Waals surface area contributed by atoms with Crippen molar-refractivity contribution in [1.29, 1.82) is 0 Å². The van der Waals surface area contributed by atoms with Gasteiger partial charge < -0.3 is 16.2 Å². The van der Waals surface area contributed by atoms with Crippen LogP contribution in [0.4, 0.5) is 5.69 Å². The molecule has 0 aliphatic carbocycles. The summed E-state index contributed by atoms with van der Waals surface area (Å²) in [6, 6.07) is 6.76. The predicted octanol–water partition coefficient (Wildman–Crippen LogP) is 2.53. The van der Waals surface area contributed by atoms with Crippen LogP contribution in [0.5, 0.6) is 5.75 Å². The first-order chi connectivity index (χ1) is 9.11. The number of nitrogen functional groups attached to an aromatic ring is 1. The second-order valence-corrected chi connectivity index (χ2v) is 5.12. The molecule has 0 radical (unpaired) electrons. The van der Waals surface area contributed by atoms with Gasteiger partial charge in [-0.05, 0) is 41.6 Å². The highest BCUT2D eigenvalue weighted by atomic mass is 32.1. The van der Waals surface area contributed by atoms with Gasteiger partial charge in [0.2, 0.25) is 0 Å². The predicted molar refractivity (Wildman–Crippen MR) is 77.4 cm³/mol. The molecule has 1 aromatic carbocycles. The molecule has 1 aromatic heterocycles. The third kappa shape index (κ3) is 3.06. The van der Waals surface area contributed by atoms with Crippen molar-refractivity contribution in [2.45, 2.75) is 19.9 Å². The van der Waals surface area contributed by atoms with E-state index in [-0.39, 0.29) is 18.2 Å². The standard InChI is InChI=1S/C14H16N2O2S/c1-2-9-5-6-19-13(9)14(18)16-8-10-7-11(15)3-4-12(10)17/h3-7,17H,2,8,15H2,1H3,(H,16,18). The van der Waals surface area contributed by atoms with Crippen molar-refractivity contribution >= 4 is 22.9 Å². The number of rotatable bonds is 4. The highest BCUT2D eigenvalue weighted by molar-refractivity contribution is 7.12. The van der Waals surface area contributed by atoms with Crippen molar-refractivity contribution in [2.75, 3.05) is 5.73 Å². The first-order valence-electron chi connectivity index (χ1n) is 6.03. The van der Waals surface area contributed by atoms with Gasteiger partial charge in [-0.25, -0.2) is 0 Å². The fourth-order valence-corrected chi connectivity index (χ4v) is 2.73. The fourth-order valence-electron chi connectivity index (χ4n) is 1.82. The number of anilines is 1. The van der Waals surface area contributed by atoms with E-state index in [4.69, 9.17) is 5.73 Å². The van der Waals surface area contributed by atoms with E-state index in [2.05, 4.69) is 5.32 Å². The molecule has 0 aliphatic heterocycles. The molecule has 19 heavy (non-hydrogen) atoms. The molecule has 4 N–H and O–H groups in total. The number of carbonyl (C=O) groups is 1. The van der Waals surface area contributed by atoms with E-state index in [1.165, 1.54) is 17.4 Å². The van der Waals surface area contributed by atoms with Crippen LogP contribution in [0, 0.1) is 0 Å². The van der Waals surface area contributed by atoms with Crippen molar-refractivity contribution in [3.05, 3.63) is 45.6 Å². The molecule has 0 saturated heterocycles. The highest BCUT2D eigenvalue weighted by Crippen LogP contribution is 2.21. The highest BCUT2D eigenvalue weighted by Gasteiger charge is 2.12. The normalized spacial score (nSPS) is 10.4. The van der Waals surface area contributed by atoms with Crippen molar-refractivity contribution in [3.63, 3.8) is 0 Å². The van der Waals surface area contributed by atoms with Crippen LogP contribution in [0.3, 0.4) is 0 Å². The van der Waals surface area contributed by atoms with Crippen molar-refractivity contribution < 1.29 is 9.90 Å². The maximum atomic E-state index is 12.0. The summed E-state index contributed by atoms with van der Waals surface area (Å²) in [6.07, 6.45) is 0.829. The zero-order valence-corrected chi connectivity index (χ0v) is 11.5. The van der Waals surface area contributed by atoms with Gasteiger partial charge in [0, 0.05) is 17.8 Å². The van der Waals surface area contributed by atoms with Crippen molar-refractivity contribution in [2.24, 2.45) is 0 Å². The van der Waals surface area contributed by atoms with E-state index >= 15 is 0 Å². The zero-order chi connectivity index (χ0) is 13.8. The van der Waals surface area contributed by atoms with Gasteiger partial charge in [-0.1, -0.05) is 6.92 Å². The molecule has 2 aromatic rings. The smallest absolute Gasteiger partial charge is 0.261 e. The van der Waals surface area contributed by atoms with Crippen LogP contribution in [0.15, 0.2) is 29.6 Å². The Labute approximate surface area is 115 Å². The fraction of sp³-hybridized carbons (Fsp3) is 0.214. The Morgan fingerprint density at radius 2 is 2.16 bits per heavy atom. The van der Waals surface area contributed by atoms with Crippen LogP contribution in [0.1, 0.15) is 27.7 Å². The molecule has 0 saturated carbocycles. The first-order valence-corrected chi connectivity index (χ1v) is 6.91. The van der Waals surface area contributed by atoms with Gasteiger partial charge in [0.05, 0.1) is 4.88 Å². The van der Waals surface area contributed by atoms with Crippen LogP contribution >= 0.6 is 11.3 Å². The Balaban J connectivity index is 2.06. The summed E-state index contributed by atoms with van der Waals surface area (Å²) in [6.45, 7) is 2.28. The summed E-state index contributed by atoms with van der Waals surface area (Å²) in [5, 5.41) is 14.4. The minimum atomic E-state index is -0.117. The van der Waals surface area contributed by atoms with Crippen LogP contribution in [-0.4, -0.2) is 11.0 Å². The lowest BCUT2D eigenvalue weighted by atomic mass is 10.1. The molecule has 0 unspecified atom stereocenters. The average Bonchev–Trinajstić information content (AvgIpc) is 2.88. The minimum absolute atomic E-state index is 0.117. The number of phenols is 1. The minimum Gasteiger partial charge on any atom is -0.508 e. The molecule has 0 spiro atoms. The number of amides is 1. The molecule has 0 bridgehead atoms. The van der Waals surface area contributed by atoms with Crippen LogP contribution in [0.2, 0.25) is 0 Å². The summed E-state index contributed by atoms with van der Waals surface area (Å²) in [7, 11) is 0. The number of benzene rings is 1. The van der Waals surface area contributed by atoms with Crippen LogP contribution < -0.4 is 11.1 Å². The number of nitrogens with two attached hydrogens (primary N) is 1. The van der Waals surface area contributed by atoms with Gasteiger partial charge >= 0.3 is 0 Å². The maximum absolute atomic E-state index is 12.0. The summed E-state index contributed by atoms with van der Waals surface area (Å²) in [4.78, 5) is 12.8. The van der Waals surface area contributed by atoms with Gasteiger partial charge in [0.25, 0.3) is 5.91 Å². The number of aryl methyl sites for hydroxylation is 1. The summed E-state index contributed by atoms with van der Waals surface area (Å²) in [5.74, 6) is 0.0186. The topological polar surface area (TPSA) is 75.4 Å². The quantitative estimate of drug-likeness (QED) is 0.593. The number of thiophene rings is 1. The lowest BCUT2D eigenvalue weighted by molar-refractivity contribution is 0.0954. The Bertz CT molecular complexity index is 593. The van der Waals surface area contributed by atoms with Gasteiger partial charge in [0.15, 0.2) is 0 Å². The van der Waals surface area contributed by atoms with E-state index in [1.54, 1.807) is 12.1 Å². The molecule has 100 valence electrons. The number of aromatic hydroxyl groups is 1. The molecular weight excluding hydrogens is 260 g/mol. The molecule has 0 fully saturated rings. The number of hydrogen-bond donors (Lipinski definition) is 3. The van der Waals surface area contributed by atoms with Crippen LogP contribution in [-0.2, 0) is 13.0 Å². The summed E-state index contributed by atoms with van der Waals surface area (Å²) >= 11 is 1.43. The molecule has 1 heterocycles. The van der Waals surface area contributed by atoms with Gasteiger partial charge in [0.1, 0.15) is 5.75 Å². The Morgan fingerprint density at radius 1 is 1.37 bits per heavy atom. The van der Waals surface area contributed by atoms with E-state index < -0.39 is 0 Å². The molecule has 1 amide bonds. The second kappa shape index (κ2) is 5.75. The second-order valence-electron chi connectivity index (χ2n) is 4.20. The van der Waals surface area contributed by atoms with Gasteiger partial charge in [-0.2, -0.15) is 0 Å². The van der Waals surface area contributed by atoms with Gasteiger partial charge in [-0.15, -0.1) is 11.3 Å². The monoisotopic (exact) mass is 276 g/mol. The average molecular weight is 276 g/mol. The van der Waals surface area contributed by atoms with Crippen LogP contribution in [0.25, 0.3) is 0 Å². The third-order valence-corrected chi connectivity index (χ3v) is 3.83. The summed E-state index contributed by atoms with van der Waals surface area (Å²) in [5.41, 5.74) is 7.87. The van der Waals surface area contributed by atoms with E-state index in [0.717, 1.165) is 16.9 Å². The Morgan fingerprint density at radius 3 is 2.89 bits per heavy atom. The molecule has 5 heteroatoms. The molecule has 4 nitrogen and oxygen atoms in total. The molecular formula is C14H16N2O2S. The van der Waals surface area contributed by atoms with E-state index in [0.29, 0.717) is 11.3 Å². The van der Waals surface area contributed by atoms with Crippen molar-refractivity contribution in [3.8, 4) is 5.75 Å². The maximum Gasteiger partial charge on any atom is 0.261 e. The van der Waals surface area contributed by atoms with E-state index in [9.17, 15) is 9.90 Å². The molecule has 2 rings (SSSR count). The number of carbonyl (C=O) groups excluding carboxylic acids is 1. The number of nitrogens with one attached hydrogen (secondary N) is 1. The zero-order valence-electron chi connectivity index (χ0n) is 10.6. The number of phenolic OH excluding ortho intramolecular Hbond substituents is 1. The molecule has 0 atom stereocenters.